The topological polar surface area (TPSA) is 70.8 Å². The normalized spacial score (nSPS) is 22.4. The third kappa shape index (κ3) is 3.17. The van der Waals surface area contributed by atoms with Crippen LogP contribution in [0, 0.1) is 5.92 Å². The van der Waals surface area contributed by atoms with Gasteiger partial charge < -0.3 is 14.4 Å². The zero-order chi connectivity index (χ0) is 14.7. The molecule has 20 heavy (non-hydrogen) atoms. The largest absolute Gasteiger partial charge is 0.480 e. The highest BCUT2D eigenvalue weighted by Crippen LogP contribution is 2.34. The Bertz CT molecular complexity index is 472. The lowest BCUT2D eigenvalue weighted by Gasteiger charge is -2.29. The highest BCUT2D eigenvalue weighted by atomic mass is 32.2. The molecule has 5 nitrogen and oxygen atoms in total. The first-order valence-electron chi connectivity index (χ1n) is 6.68. The molecule has 1 aromatic rings. The summed E-state index contributed by atoms with van der Waals surface area (Å²) in [4.78, 5) is 25.2. The van der Waals surface area contributed by atoms with Crippen LogP contribution in [0.2, 0.25) is 0 Å². The van der Waals surface area contributed by atoms with Gasteiger partial charge in [-0.2, -0.15) is 0 Å². The molecule has 2 rings (SSSR count). The number of nitrogens with zero attached hydrogens (tertiary/aromatic N) is 1. The maximum Gasteiger partial charge on any atom is 0.327 e. The molecule has 1 amide bonds. The van der Waals surface area contributed by atoms with Crippen LogP contribution in [0.25, 0.3) is 0 Å². The van der Waals surface area contributed by atoms with Crippen molar-refractivity contribution in [1.29, 1.82) is 0 Å². The molecule has 1 aliphatic rings. The van der Waals surface area contributed by atoms with Crippen molar-refractivity contribution in [3.8, 4) is 0 Å². The molecule has 2 unspecified atom stereocenters. The summed E-state index contributed by atoms with van der Waals surface area (Å²) in [5, 5.41) is 9.20. The van der Waals surface area contributed by atoms with Crippen LogP contribution in [-0.2, 0) is 16.0 Å². The molecule has 1 aliphatic heterocycles. The minimum atomic E-state index is -0.924. The fourth-order valence-corrected chi connectivity index (χ4v) is 3.85. The van der Waals surface area contributed by atoms with Crippen LogP contribution in [0.15, 0.2) is 22.8 Å². The molecule has 1 aromatic heterocycles. The van der Waals surface area contributed by atoms with E-state index in [0.29, 0.717) is 12.2 Å². The van der Waals surface area contributed by atoms with Gasteiger partial charge in [0.15, 0.2) is 0 Å². The van der Waals surface area contributed by atoms with Crippen molar-refractivity contribution < 1.29 is 19.1 Å². The zero-order valence-corrected chi connectivity index (χ0v) is 12.4. The summed E-state index contributed by atoms with van der Waals surface area (Å²) >= 11 is 1.55. The summed E-state index contributed by atoms with van der Waals surface area (Å²) in [7, 11) is 0. The lowest BCUT2D eigenvalue weighted by atomic mass is 10.1. The summed E-state index contributed by atoms with van der Waals surface area (Å²) in [6.45, 7) is 4.02. The third-order valence-electron chi connectivity index (χ3n) is 3.34. The molecule has 0 saturated carbocycles. The van der Waals surface area contributed by atoms with E-state index in [1.807, 2.05) is 19.9 Å². The Morgan fingerprint density at radius 2 is 2.30 bits per heavy atom. The number of thioether (sulfide) groups is 1. The molecular formula is C14H19NO4S. The number of rotatable bonds is 5. The average molecular weight is 297 g/mol. The molecule has 2 heterocycles. The van der Waals surface area contributed by atoms with E-state index < -0.39 is 12.0 Å². The van der Waals surface area contributed by atoms with Crippen molar-refractivity contribution in [2.24, 2.45) is 5.92 Å². The van der Waals surface area contributed by atoms with Gasteiger partial charge in [-0.1, -0.05) is 13.8 Å². The first kappa shape index (κ1) is 15.0. The quantitative estimate of drug-likeness (QED) is 0.902. The first-order chi connectivity index (χ1) is 9.50. The lowest BCUT2D eigenvalue weighted by molar-refractivity contribution is -0.149. The molecule has 6 heteroatoms. The number of carbonyl (C=O) groups excluding carboxylic acids is 1. The van der Waals surface area contributed by atoms with Gasteiger partial charge in [0, 0.05) is 18.6 Å². The Hall–Kier alpha value is -1.43. The minimum absolute atomic E-state index is 0.0554. The summed E-state index contributed by atoms with van der Waals surface area (Å²) in [5.41, 5.74) is 0. The highest BCUT2D eigenvalue weighted by Gasteiger charge is 2.42. The maximum absolute atomic E-state index is 12.4. The monoisotopic (exact) mass is 297 g/mol. The van der Waals surface area contributed by atoms with Crippen LogP contribution < -0.4 is 0 Å². The summed E-state index contributed by atoms with van der Waals surface area (Å²) in [6.07, 6.45) is 2.35. The number of hydrogen-bond acceptors (Lipinski definition) is 4. The van der Waals surface area contributed by atoms with Crippen LogP contribution >= 0.6 is 11.8 Å². The molecule has 110 valence electrons. The predicted octanol–water partition coefficient (Wildman–Crippen LogP) is 2.22. The van der Waals surface area contributed by atoms with Gasteiger partial charge >= 0.3 is 5.97 Å². The number of carboxylic acids is 1. The lowest BCUT2D eigenvalue weighted by Crippen LogP contribution is -2.47. The van der Waals surface area contributed by atoms with E-state index >= 15 is 0 Å². The number of hydrogen-bond donors (Lipinski definition) is 1. The molecule has 1 N–H and O–H groups in total. The van der Waals surface area contributed by atoms with Gasteiger partial charge in [0.05, 0.1) is 11.6 Å². The van der Waals surface area contributed by atoms with Crippen LogP contribution in [0.5, 0.6) is 0 Å². The highest BCUT2D eigenvalue weighted by molar-refractivity contribution is 8.00. The Balaban J connectivity index is 2.04. The Kier molecular flexibility index (Phi) is 4.75. The van der Waals surface area contributed by atoms with Crippen LogP contribution in [-0.4, -0.2) is 39.1 Å². The van der Waals surface area contributed by atoms with Crippen molar-refractivity contribution in [2.75, 3.05) is 5.75 Å². The fourth-order valence-electron chi connectivity index (χ4n) is 2.36. The Labute approximate surface area is 122 Å². The smallest absolute Gasteiger partial charge is 0.327 e. The fraction of sp³-hybridized carbons (Fsp3) is 0.571. The number of furan rings is 1. The van der Waals surface area contributed by atoms with Gasteiger partial charge in [0.25, 0.3) is 0 Å². The van der Waals surface area contributed by atoms with Crippen molar-refractivity contribution in [3.63, 3.8) is 0 Å². The molecule has 2 atom stereocenters. The van der Waals surface area contributed by atoms with E-state index in [2.05, 4.69) is 0 Å². The summed E-state index contributed by atoms with van der Waals surface area (Å²) in [6, 6.07) is 2.89. The number of carbonyl (C=O) groups is 2. The van der Waals surface area contributed by atoms with E-state index in [1.165, 1.54) is 0 Å². The maximum atomic E-state index is 12.4. The number of aliphatic carboxylic acids is 1. The van der Waals surface area contributed by atoms with Crippen molar-refractivity contribution in [1.82, 2.24) is 4.90 Å². The van der Waals surface area contributed by atoms with Crippen molar-refractivity contribution >= 4 is 23.6 Å². The molecule has 1 saturated heterocycles. The van der Waals surface area contributed by atoms with Crippen molar-refractivity contribution in [3.05, 3.63) is 24.2 Å². The molecule has 0 aliphatic carbocycles. The number of aryl methyl sites for hydroxylation is 1. The minimum Gasteiger partial charge on any atom is -0.480 e. The van der Waals surface area contributed by atoms with E-state index in [4.69, 9.17) is 4.42 Å². The van der Waals surface area contributed by atoms with E-state index in [0.717, 1.165) is 5.76 Å². The molecule has 0 spiro atoms. The van der Waals surface area contributed by atoms with Crippen LogP contribution in [0.4, 0.5) is 0 Å². The van der Waals surface area contributed by atoms with Gasteiger partial charge in [-0.25, -0.2) is 4.79 Å². The number of amides is 1. The number of carboxylic acid groups (broad SMARTS) is 1. The second kappa shape index (κ2) is 6.35. The summed E-state index contributed by atoms with van der Waals surface area (Å²) < 4.78 is 5.20. The van der Waals surface area contributed by atoms with E-state index in [-0.39, 0.29) is 23.6 Å². The standard InChI is InChI=1S/C14H19NO4S/c1-9(2)13-15(11(8-20-13)14(17)18)12(16)6-5-10-4-3-7-19-10/h3-4,7,9,11,13H,5-6,8H2,1-2H3,(H,17,18). The summed E-state index contributed by atoms with van der Waals surface area (Å²) in [5.74, 6) is 0.407. The molecule has 0 bridgehead atoms. The molecular weight excluding hydrogens is 278 g/mol. The predicted molar refractivity (Wildman–Crippen MR) is 76.4 cm³/mol. The van der Waals surface area contributed by atoms with Crippen LogP contribution in [0.1, 0.15) is 26.0 Å². The molecule has 0 radical (unpaired) electrons. The Morgan fingerprint density at radius 1 is 1.55 bits per heavy atom. The van der Waals surface area contributed by atoms with Gasteiger partial charge in [-0.3, -0.25) is 4.79 Å². The van der Waals surface area contributed by atoms with E-state index in [1.54, 1.807) is 29.0 Å². The second-order valence-electron chi connectivity index (χ2n) is 5.20. The van der Waals surface area contributed by atoms with Gasteiger partial charge in [-0.15, -0.1) is 11.8 Å². The molecule has 1 fully saturated rings. The zero-order valence-electron chi connectivity index (χ0n) is 11.6. The second-order valence-corrected chi connectivity index (χ2v) is 6.35. The third-order valence-corrected chi connectivity index (χ3v) is 4.96. The Morgan fingerprint density at radius 3 is 2.85 bits per heavy atom. The first-order valence-corrected chi connectivity index (χ1v) is 7.73. The van der Waals surface area contributed by atoms with E-state index in [9.17, 15) is 14.7 Å². The van der Waals surface area contributed by atoms with Gasteiger partial charge in [-0.05, 0) is 18.1 Å². The SMILES string of the molecule is CC(C)C1SCC(C(=O)O)N1C(=O)CCc1ccco1. The molecule has 0 aromatic carbocycles. The van der Waals surface area contributed by atoms with Gasteiger partial charge in [0.1, 0.15) is 11.8 Å². The van der Waals surface area contributed by atoms with Crippen LogP contribution in [0.3, 0.4) is 0 Å². The average Bonchev–Trinajstić information content (AvgIpc) is 3.04. The van der Waals surface area contributed by atoms with Gasteiger partial charge in [0.2, 0.25) is 5.91 Å². The van der Waals surface area contributed by atoms with Crippen molar-refractivity contribution in [2.45, 2.75) is 38.1 Å².